The molecule has 0 aliphatic carbocycles. The van der Waals surface area contributed by atoms with Crippen molar-refractivity contribution in [1.82, 2.24) is 0 Å². The molecule has 0 N–H and O–H groups in total. The van der Waals surface area contributed by atoms with Crippen molar-refractivity contribution in [3.05, 3.63) is 95.6 Å². The van der Waals surface area contributed by atoms with E-state index in [9.17, 15) is 0 Å². The van der Waals surface area contributed by atoms with Gasteiger partial charge in [0.1, 0.15) is 5.75 Å². The Balaban J connectivity index is 1.73. The van der Waals surface area contributed by atoms with Crippen LogP contribution in [0.4, 0.5) is 0 Å². The first-order chi connectivity index (χ1) is 11.8. The van der Waals surface area contributed by atoms with E-state index in [4.69, 9.17) is 4.74 Å². The Kier molecular flexibility index (Phi) is 5.61. The molecule has 2 heteroatoms. The fourth-order valence-electron chi connectivity index (χ4n) is 2.24. The third kappa shape index (κ3) is 4.44. The van der Waals surface area contributed by atoms with Gasteiger partial charge in [0.05, 0.1) is 7.11 Å². The normalized spacial score (nSPS) is 9.88. The van der Waals surface area contributed by atoms with Crippen LogP contribution in [-0.2, 0) is 5.75 Å². The quantitative estimate of drug-likeness (QED) is 0.469. The summed E-state index contributed by atoms with van der Waals surface area (Å²) in [5, 5.41) is 0. The van der Waals surface area contributed by atoms with E-state index in [0.29, 0.717) is 0 Å². The van der Waals surface area contributed by atoms with Crippen LogP contribution >= 0.6 is 11.8 Å². The van der Waals surface area contributed by atoms with Gasteiger partial charge < -0.3 is 4.74 Å². The van der Waals surface area contributed by atoms with Crippen LogP contribution in [0, 0.1) is 11.8 Å². The highest BCUT2D eigenvalue weighted by atomic mass is 32.2. The minimum atomic E-state index is 0.887. The highest BCUT2D eigenvalue weighted by Gasteiger charge is 2.01. The molecule has 0 aromatic heterocycles. The molecule has 1 nitrogen and oxygen atoms in total. The van der Waals surface area contributed by atoms with Gasteiger partial charge in [0.2, 0.25) is 0 Å². The summed E-state index contributed by atoms with van der Waals surface area (Å²) in [7, 11) is 1.69. The molecule has 0 saturated carbocycles. The summed E-state index contributed by atoms with van der Waals surface area (Å²) < 4.78 is 5.20. The molecule has 0 radical (unpaired) electrons. The van der Waals surface area contributed by atoms with E-state index in [1.54, 1.807) is 18.9 Å². The highest BCUT2D eigenvalue weighted by Crippen LogP contribution is 2.26. The monoisotopic (exact) mass is 330 g/mol. The minimum absolute atomic E-state index is 0.887. The van der Waals surface area contributed by atoms with Crippen molar-refractivity contribution in [2.45, 2.75) is 10.6 Å². The van der Waals surface area contributed by atoms with Gasteiger partial charge in [-0.05, 0) is 42.0 Å². The van der Waals surface area contributed by atoms with Gasteiger partial charge in [-0.15, -0.1) is 11.8 Å². The third-order valence-electron chi connectivity index (χ3n) is 3.56. The molecule has 0 amide bonds. The predicted molar refractivity (Wildman–Crippen MR) is 101 cm³/mol. The molecule has 0 bridgehead atoms. The van der Waals surface area contributed by atoms with Crippen LogP contribution in [0.3, 0.4) is 0 Å². The second-order valence-corrected chi connectivity index (χ2v) is 6.27. The molecule has 0 atom stereocenters. The van der Waals surface area contributed by atoms with Gasteiger partial charge in [0, 0.05) is 21.8 Å². The zero-order valence-electron chi connectivity index (χ0n) is 13.5. The SMILES string of the molecule is COc1ccc(CSc2ccccc2C#Cc2ccccc2)cc1. The van der Waals surface area contributed by atoms with Crippen molar-refractivity contribution in [2.75, 3.05) is 7.11 Å². The number of benzene rings is 3. The van der Waals surface area contributed by atoms with Crippen LogP contribution < -0.4 is 4.74 Å². The van der Waals surface area contributed by atoms with Gasteiger partial charge in [-0.25, -0.2) is 0 Å². The van der Waals surface area contributed by atoms with E-state index >= 15 is 0 Å². The number of methoxy groups -OCH3 is 1. The van der Waals surface area contributed by atoms with Gasteiger partial charge in [-0.3, -0.25) is 0 Å². The van der Waals surface area contributed by atoms with Crippen LogP contribution in [-0.4, -0.2) is 7.11 Å². The fraction of sp³-hybridized carbons (Fsp3) is 0.0909. The zero-order chi connectivity index (χ0) is 16.6. The van der Waals surface area contributed by atoms with Crippen molar-refractivity contribution in [3.63, 3.8) is 0 Å². The van der Waals surface area contributed by atoms with Crippen molar-refractivity contribution in [3.8, 4) is 17.6 Å². The first-order valence-corrected chi connectivity index (χ1v) is 8.75. The van der Waals surface area contributed by atoms with Crippen molar-refractivity contribution < 1.29 is 4.74 Å². The molecule has 0 aliphatic rings. The van der Waals surface area contributed by atoms with Gasteiger partial charge in [0.15, 0.2) is 0 Å². The summed E-state index contributed by atoms with van der Waals surface area (Å²) in [6.07, 6.45) is 0. The first kappa shape index (κ1) is 16.2. The second-order valence-electron chi connectivity index (χ2n) is 5.25. The Labute approximate surface area is 147 Å². The Morgan fingerprint density at radius 3 is 2.25 bits per heavy atom. The number of ether oxygens (including phenoxy) is 1. The van der Waals surface area contributed by atoms with Gasteiger partial charge >= 0.3 is 0 Å². The maximum absolute atomic E-state index is 5.20. The van der Waals surface area contributed by atoms with Crippen LogP contribution in [0.1, 0.15) is 16.7 Å². The van der Waals surface area contributed by atoms with Crippen molar-refractivity contribution in [1.29, 1.82) is 0 Å². The molecule has 3 rings (SSSR count). The van der Waals surface area contributed by atoms with Gasteiger partial charge in [-0.1, -0.05) is 54.3 Å². The summed E-state index contributed by atoms with van der Waals surface area (Å²) in [6, 6.07) is 26.6. The molecule has 24 heavy (non-hydrogen) atoms. The van der Waals surface area contributed by atoms with Crippen molar-refractivity contribution >= 4 is 11.8 Å². The van der Waals surface area contributed by atoms with E-state index in [2.05, 4.69) is 42.2 Å². The first-order valence-electron chi connectivity index (χ1n) is 7.77. The lowest BCUT2D eigenvalue weighted by Crippen LogP contribution is -1.86. The molecular formula is C22H18OS. The van der Waals surface area contributed by atoms with Crippen LogP contribution in [0.25, 0.3) is 0 Å². The second kappa shape index (κ2) is 8.29. The molecule has 3 aromatic carbocycles. The molecular weight excluding hydrogens is 312 g/mol. The van der Waals surface area contributed by atoms with Crippen LogP contribution in [0.15, 0.2) is 83.8 Å². The van der Waals surface area contributed by atoms with Crippen LogP contribution in [0.2, 0.25) is 0 Å². The molecule has 3 aromatic rings. The number of rotatable bonds is 4. The van der Waals surface area contributed by atoms with Crippen LogP contribution in [0.5, 0.6) is 5.75 Å². The summed E-state index contributed by atoms with van der Waals surface area (Å²) in [5.41, 5.74) is 3.37. The van der Waals surface area contributed by atoms with E-state index in [1.165, 1.54) is 10.5 Å². The van der Waals surface area contributed by atoms with Gasteiger partial charge in [0.25, 0.3) is 0 Å². The van der Waals surface area contributed by atoms with Gasteiger partial charge in [-0.2, -0.15) is 0 Å². The minimum Gasteiger partial charge on any atom is -0.497 e. The average Bonchev–Trinajstić information content (AvgIpc) is 2.66. The third-order valence-corrected chi connectivity index (χ3v) is 4.70. The Bertz CT molecular complexity index is 842. The fourth-order valence-corrected chi connectivity index (χ4v) is 3.20. The number of thioether (sulfide) groups is 1. The van der Waals surface area contributed by atoms with E-state index < -0.39 is 0 Å². The summed E-state index contributed by atoms with van der Waals surface area (Å²) in [4.78, 5) is 1.21. The zero-order valence-corrected chi connectivity index (χ0v) is 14.3. The molecule has 0 saturated heterocycles. The largest absolute Gasteiger partial charge is 0.497 e. The molecule has 0 unspecified atom stereocenters. The molecule has 0 fully saturated rings. The van der Waals surface area contributed by atoms with E-state index in [0.717, 1.165) is 22.6 Å². The summed E-state index contributed by atoms with van der Waals surface area (Å²) in [6.45, 7) is 0. The maximum Gasteiger partial charge on any atom is 0.118 e. The maximum atomic E-state index is 5.20. The molecule has 0 aliphatic heterocycles. The lowest BCUT2D eigenvalue weighted by Gasteiger charge is -2.06. The standard InChI is InChI=1S/C22H18OS/c1-23-21-15-12-19(13-16-21)17-24-22-10-6-5-9-20(22)14-11-18-7-3-2-4-8-18/h2-10,12-13,15-16H,17H2,1H3. The molecule has 118 valence electrons. The summed E-state index contributed by atoms with van der Waals surface area (Å²) >= 11 is 1.81. The molecule has 0 spiro atoms. The average molecular weight is 330 g/mol. The Hall–Kier alpha value is -2.63. The Morgan fingerprint density at radius 1 is 0.792 bits per heavy atom. The summed E-state index contributed by atoms with van der Waals surface area (Å²) in [5.74, 6) is 8.33. The topological polar surface area (TPSA) is 9.23 Å². The lowest BCUT2D eigenvalue weighted by atomic mass is 10.2. The number of hydrogen-bond donors (Lipinski definition) is 0. The predicted octanol–water partition coefficient (Wildman–Crippen LogP) is 5.39. The Morgan fingerprint density at radius 2 is 1.50 bits per heavy atom. The van der Waals surface area contributed by atoms with Crippen molar-refractivity contribution in [2.24, 2.45) is 0 Å². The van der Waals surface area contributed by atoms with E-state index in [1.807, 2.05) is 48.5 Å². The molecule has 0 heterocycles. The highest BCUT2D eigenvalue weighted by molar-refractivity contribution is 7.98. The lowest BCUT2D eigenvalue weighted by molar-refractivity contribution is 0.414. The number of hydrogen-bond acceptors (Lipinski definition) is 2. The smallest absolute Gasteiger partial charge is 0.118 e. The van der Waals surface area contributed by atoms with E-state index in [-0.39, 0.29) is 0 Å².